The molecule has 0 bridgehead atoms. The minimum absolute atomic E-state index is 0. The van der Waals surface area contributed by atoms with Gasteiger partial charge < -0.3 is 27.5 Å². The summed E-state index contributed by atoms with van der Waals surface area (Å²) in [5, 5.41) is 0. The summed E-state index contributed by atoms with van der Waals surface area (Å²) in [7, 11) is 0. The van der Waals surface area contributed by atoms with Gasteiger partial charge in [0, 0.05) is 0 Å². The summed E-state index contributed by atoms with van der Waals surface area (Å²) in [4.78, 5) is 0. The van der Waals surface area contributed by atoms with Crippen molar-refractivity contribution in [2.45, 2.75) is 0 Å². The summed E-state index contributed by atoms with van der Waals surface area (Å²) < 4.78 is 0. The van der Waals surface area contributed by atoms with Gasteiger partial charge in [0.05, 0.1) is 0 Å². The fraction of sp³-hybridized carbons (Fsp3) is 0. The van der Waals surface area contributed by atoms with Gasteiger partial charge >= 0.3 is 21.1 Å². The first-order chi connectivity index (χ1) is 0. The van der Waals surface area contributed by atoms with E-state index < -0.39 is 0 Å². The molecule has 4 nitrogen and oxygen atoms in total. The van der Waals surface area contributed by atoms with Crippen molar-refractivity contribution in [1.29, 1.82) is 0 Å². The summed E-state index contributed by atoms with van der Waals surface area (Å²) >= 11 is 0. The minimum atomic E-state index is 0. The van der Waals surface area contributed by atoms with E-state index in [9.17, 15) is 0 Å². The second-order valence-corrected chi connectivity index (χ2v) is 0. The molecule has 42 valence electrons. The van der Waals surface area contributed by atoms with E-state index in [1.165, 1.54) is 0 Å². The van der Waals surface area contributed by atoms with E-state index in [0.29, 0.717) is 0 Å². The first kappa shape index (κ1) is 406. The maximum Gasteiger partial charge on any atom is 4.00 e. The van der Waals surface area contributed by atoms with Gasteiger partial charge in [-0.05, 0) is 0 Å². The molecule has 0 aromatic heterocycles. The molecule has 0 heterocycles. The Morgan fingerprint density at radius 2 is 0.600 bits per heavy atom. The largest absolute Gasteiger partial charge is 4.00 e. The molecule has 0 fully saturated rings. The Morgan fingerprint density at radius 3 is 0.600 bits per heavy atom. The van der Waals surface area contributed by atoms with E-state index >= 15 is 0 Å². The van der Waals surface area contributed by atoms with Crippen molar-refractivity contribution < 1.29 is 23.9 Å². The maximum absolute atomic E-state index is 0. The average Bonchev–Trinajstić information content (AvgIpc) is 0. The van der Waals surface area contributed by atoms with Crippen molar-refractivity contribution >= 4 is 0 Å². The van der Waals surface area contributed by atoms with Crippen LogP contribution in [0.5, 0.6) is 0 Å². The second-order valence-electron chi connectivity index (χ2n) is 0. The van der Waals surface area contributed by atoms with Crippen LogP contribution in [0, 0.1) is 0 Å². The summed E-state index contributed by atoms with van der Waals surface area (Å²) in [6.45, 7) is 0. The predicted octanol–water partition coefficient (Wildman–Crippen LogP) is 3.09. The molecule has 0 aliphatic carbocycles. The molecular weight excluding hydrogens is 251 g/mol. The van der Waals surface area contributed by atoms with E-state index in [4.69, 9.17) is 0 Å². The zero-order valence-corrected chi connectivity index (χ0v) is 4.90. The molecule has 0 aromatic rings. The van der Waals surface area contributed by atoms with E-state index in [-0.39, 0.29) is 48.5 Å². The SMILES string of the molecule is [H-].[H-].[NH2-].[NH2-].[NH2-].[NH2-].[Pt+4]. The number of hydrogen-bond donors (Lipinski definition) is 0. The van der Waals surface area contributed by atoms with Gasteiger partial charge in [0.1, 0.15) is 0 Å². The molecule has 0 aromatic carbocycles. The van der Waals surface area contributed by atoms with Crippen LogP contribution in [0.1, 0.15) is 2.85 Å². The van der Waals surface area contributed by atoms with Crippen LogP contribution in [0.25, 0.3) is 24.6 Å². The third-order valence-corrected chi connectivity index (χ3v) is 0. The summed E-state index contributed by atoms with van der Waals surface area (Å²) in [5.41, 5.74) is 0. The Balaban J connectivity index is 0. The van der Waals surface area contributed by atoms with Crippen LogP contribution in [-0.4, -0.2) is 0 Å². The molecule has 0 radical (unpaired) electrons. The van der Waals surface area contributed by atoms with Crippen LogP contribution in [0.15, 0.2) is 0 Å². The number of hydrogen-bond acceptors (Lipinski definition) is 0. The molecule has 0 saturated carbocycles. The van der Waals surface area contributed by atoms with E-state index in [2.05, 4.69) is 0 Å². The third-order valence-electron chi connectivity index (χ3n) is 0. The normalized spacial score (nSPS) is 0. The predicted molar refractivity (Wildman–Crippen MR) is 23.4 cm³/mol. The molecule has 0 saturated heterocycles. The monoisotopic (exact) mass is 261 g/mol. The van der Waals surface area contributed by atoms with E-state index in [1.807, 2.05) is 0 Å². The van der Waals surface area contributed by atoms with Crippen LogP contribution < -0.4 is 0 Å². The van der Waals surface area contributed by atoms with E-state index in [0.717, 1.165) is 0 Å². The molecule has 5 heteroatoms. The van der Waals surface area contributed by atoms with Crippen LogP contribution >= 0.6 is 0 Å². The molecular formula is H10N4Pt-2. The van der Waals surface area contributed by atoms with Crippen LogP contribution in [0.4, 0.5) is 0 Å². The standard InChI is InChI=1S/4H2N.Pt.2H/h4*1H2;;;/q4*-1;+4;2*-1. The second kappa shape index (κ2) is 202. The van der Waals surface area contributed by atoms with Gasteiger partial charge in [-0.2, -0.15) is 0 Å². The summed E-state index contributed by atoms with van der Waals surface area (Å²) in [6.07, 6.45) is 0. The van der Waals surface area contributed by atoms with Crippen molar-refractivity contribution in [3.05, 3.63) is 24.6 Å². The van der Waals surface area contributed by atoms with Gasteiger partial charge in [0.2, 0.25) is 0 Å². The zero-order valence-electron chi connectivity index (χ0n) is 4.63. The Kier molecular flexibility index (Phi) is 16400. The van der Waals surface area contributed by atoms with Gasteiger partial charge in [-0.15, -0.1) is 0 Å². The van der Waals surface area contributed by atoms with Crippen molar-refractivity contribution in [3.63, 3.8) is 0 Å². The Labute approximate surface area is 49.3 Å². The van der Waals surface area contributed by atoms with Gasteiger partial charge in [-0.25, -0.2) is 0 Å². The van der Waals surface area contributed by atoms with Crippen LogP contribution in [0.2, 0.25) is 0 Å². The summed E-state index contributed by atoms with van der Waals surface area (Å²) in [5.74, 6) is 0. The Hall–Kier alpha value is 0.528. The molecule has 0 amide bonds. The zero-order chi connectivity index (χ0) is 0. The van der Waals surface area contributed by atoms with Crippen LogP contribution in [-0.2, 0) is 21.1 Å². The molecule has 0 atom stereocenters. The molecule has 0 spiro atoms. The van der Waals surface area contributed by atoms with Gasteiger partial charge in [0.25, 0.3) is 0 Å². The van der Waals surface area contributed by atoms with Gasteiger partial charge in [-0.3, -0.25) is 0 Å². The minimum Gasteiger partial charge on any atom is -1.00 e. The molecule has 0 aliphatic heterocycles. The third kappa shape index (κ3) is 104. The summed E-state index contributed by atoms with van der Waals surface area (Å²) in [6, 6.07) is 0. The molecule has 0 unspecified atom stereocenters. The van der Waals surface area contributed by atoms with Crippen molar-refractivity contribution in [2.24, 2.45) is 0 Å². The first-order valence-corrected chi connectivity index (χ1v) is 0. The molecule has 5 heavy (non-hydrogen) atoms. The van der Waals surface area contributed by atoms with E-state index in [1.54, 1.807) is 0 Å². The topological polar surface area (TPSA) is 134 Å². The fourth-order valence-electron chi connectivity index (χ4n) is 0. The van der Waals surface area contributed by atoms with Crippen molar-refractivity contribution in [2.75, 3.05) is 0 Å². The van der Waals surface area contributed by atoms with Gasteiger partial charge in [0.15, 0.2) is 0 Å². The van der Waals surface area contributed by atoms with Crippen molar-refractivity contribution in [3.8, 4) is 0 Å². The number of nitrogens with two attached hydrogens (primary N) is 4. The van der Waals surface area contributed by atoms with Crippen LogP contribution in [0.3, 0.4) is 0 Å². The van der Waals surface area contributed by atoms with Crippen molar-refractivity contribution in [1.82, 2.24) is 0 Å². The fourth-order valence-corrected chi connectivity index (χ4v) is 0. The van der Waals surface area contributed by atoms with Gasteiger partial charge in [-0.1, -0.05) is 0 Å². The number of rotatable bonds is 0. The molecule has 0 aliphatic rings. The molecule has 8 N–H and O–H groups in total. The average molecular weight is 261 g/mol. The first-order valence-electron chi connectivity index (χ1n) is 0. The molecule has 0 rings (SSSR count). The quantitative estimate of drug-likeness (QED) is 0.633. The Bertz CT molecular complexity index is 9.65. The Morgan fingerprint density at radius 1 is 0.600 bits per heavy atom. The smallest absolute Gasteiger partial charge is 1.00 e. The maximum atomic E-state index is 0.